The van der Waals surface area contributed by atoms with Crippen molar-refractivity contribution in [1.82, 2.24) is 0 Å². The van der Waals surface area contributed by atoms with Crippen LogP contribution in [0.5, 0.6) is 0 Å². The molecule has 0 aliphatic carbocycles. The van der Waals surface area contributed by atoms with E-state index in [0.29, 0.717) is 10.7 Å². The first-order valence-electron chi connectivity index (χ1n) is 7.46. The summed E-state index contributed by atoms with van der Waals surface area (Å²) in [6.45, 7) is 1.72. The van der Waals surface area contributed by atoms with E-state index in [9.17, 15) is 17.6 Å². The van der Waals surface area contributed by atoms with Crippen molar-refractivity contribution in [2.45, 2.75) is 13.3 Å². The van der Waals surface area contributed by atoms with E-state index in [2.05, 4.69) is 5.32 Å². The van der Waals surface area contributed by atoms with Crippen molar-refractivity contribution in [3.05, 3.63) is 58.9 Å². The number of nitrogens with one attached hydrogen (secondary N) is 1. The fraction of sp³-hybridized carbons (Fsp3) is 0.235. The minimum atomic E-state index is -3.65. The highest BCUT2D eigenvalue weighted by atomic mass is 35.5. The van der Waals surface area contributed by atoms with Gasteiger partial charge in [-0.3, -0.25) is 9.10 Å². The summed E-state index contributed by atoms with van der Waals surface area (Å²) in [6.07, 6.45) is 0.923. The Morgan fingerprint density at radius 1 is 1.24 bits per heavy atom. The lowest BCUT2D eigenvalue weighted by Crippen LogP contribution is -2.33. The van der Waals surface area contributed by atoms with Gasteiger partial charge in [0, 0.05) is 23.7 Å². The molecule has 1 N–H and O–H groups in total. The number of amides is 1. The van der Waals surface area contributed by atoms with E-state index in [1.165, 1.54) is 18.2 Å². The summed E-state index contributed by atoms with van der Waals surface area (Å²) < 4.78 is 38.3. The lowest BCUT2D eigenvalue weighted by molar-refractivity contribution is -0.116. The van der Waals surface area contributed by atoms with Gasteiger partial charge in [0.1, 0.15) is 5.82 Å². The molecule has 5 nitrogen and oxygen atoms in total. The third-order valence-electron chi connectivity index (χ3n) is 3.51. The van der Waals surface area contributed by atoms with Crippen molar-refractivity contribution in [2.24, 2.45) is 0 Å². The Morgan fingerprint density at radius 2 is 1.96 bits per heavy atom. The van der Waals surface area contributed by atoms with Crippen LogP contribution in [0, 0.1) is 12.7 Å². The average Bonchev–Trinajstić information content (AvgIpc) is 2.50. The Labute approximate surface area is 151 Å². The fourth-order valence-electron chi connectivity index (χ4n) is 2.26. The summed E-state index contributed by atoms with van der Waals surface area (Å²) in [4.78, 5) is 12.2. The van der Waals surface area contributed by atoms with E-state index in [1.807, 2.05) is 6.92 Å². The van der Waals surface area contributed by atoms with Crippen LogP contribution in [0.2, 0.25) is 5.02 Å². The van der Waals surface area contributed by atoms with Crippen LogP contribution in [0.25, 0.3) is 0 Å². The van der Waals surface area contributed by atoms with E-state index in [4.69, 9.17) is 11.6 Å². The topological polar surface area (TPSA) is 66.5 Å². The predicted octanol–water partition coefficient (Wildman–Crippen LogP) is 3.58. The first-order chi connectivity index (χ1) is 11.7. The highest BCUT2D eigenvalue weighted by Gasteiger charge is 2.19. The first kappa shape index (κ1) is 19.2. The molecule has 0 radical (unpaired) electrons. The summed E-state index contributed by atoms with van der Waals surface area (Å²) >= 11 is 5.91. The van der Waals surface area contributed by atoms with Gasteiger partial charge in [-0.15, -0.1) is 0 Å². The van der Waals surface area contributed by atoms with E-state index >= 15 is 0 Å². The smallest absolute Gasteiger partial charge is 0.232 e. The number of hydrogen-bond acceptors (Lipinski definition) is 3. The Morgan fingerprint density at radius 3 is 2.60 bits per heavy atom. The third kappa shape index (κ3) is 5.44. The molecule has 0 unspecified atom stereocenters. The Kier molecular flexibility index (Phi) is 6.02. The van der Waals surface area contributed by atoms with E-state index in [-0.39, 0.29) is 24.6 Å². The second kappa shape index (κ2) is 7.84. The SMILES string of the molecule is Cc1ccc(Cl)cc1NC(=O)CCN(c1cccc(F)c1)S(C)(=O)=O. The van der Waals surface area contributed by atoms with Crippen molar-refractivity contribution >= 4 is 38.9 Å². The lowest BCUT2D eigenvalue weighted by atomic mass is 10.2. The molecule has 0 aliphatic rings. The molecule has 2 aromatic rings. The summed E-state index contributed by atoms with van der Waals surface area (Å²) in [5.74, 6) is -0.916. The first-order valence-corrected chi connectivity index (χ1v) is 9.69. The highest BCUT2D eigenvalue weighted by molar-refractivity contribution is 7.92. The molecule has 0 heterocycles. The van der Waals surface area contributed by atoms with Gasteiger partial charge in [-0.05, 0) is 42.8 Å². The Bertz CT molecular complexity index is 887. The van der Waals surface area contributed by atoms with Crippen LogP contribution in [0.3, 0.4) is 0 Å². The molecule has 0 atom stereocenters. The van der Waals surface area contributed by atoms with E-state index < -0.39 is 15.8 Å². The van der Waals surface area contributed by atoms with Crippen molar-refractivity contribution in [2.75, 3.05) is 22.4 Å². The number of carbonyl (C=O) groups is 1. The molecule has 0 saturated heterocycles. The van der Waals surface area contributed by atoms with Crippen molar-refractivity contribution in [3.8, 4) is 0 Å². The van der Waals surface area contributed by atoms with Gasteiger partial charge in [-0.1, -0.05) is 23.7 Å². The van der Waals surface area contributed by atoms with Crippen molar-refractivity contribution in [3.63, 3.8) is 0 Å². The van der Waals surface area contributed by atoms with Gasteiger partial charge < -0.3 is 5.32 Å². The average molecular weight is 385 g/mol. The Balaban J connectivity index is 2.10. The third-order valence-corrected chi connectivity index (χ3v) is 4.94. The molecular formula is C17H18ClFN2O3S. The van der Waals surface area contributed by atoms with Crippen LogP contribution in [0.4, 0.5) is 15.8 Å². The van der Waals surface area contributed by atoms with E-state index in [0.717, 1.165) is 22.2 Å². The number of carbonyl (C=O) groups excluding carboxylic acids is 1. The minimum absolute atomic E-state index is 0.0878. The molecule has 25 heavy (non-hydrogen) atoms. The zero-order chi connectivity index (χ0) is 18.6. The molecule has 0 spiro atoms. The van der Waals surface area contributed by atoms with Gasteiger partial charge >= 0.3 is 0 Å². The van der Waals surface area contributed by atoms with Gasteiger partial charge in [-0.25, -0.2) is 12.8 Å². The van der Waals surface area contributed by atoms with Crippen LogP contribution in [-0.2, 0) is 14.8 Å². The number of rotatable bonds is 6. The number of halogens is 2. The molecule has 8 heteroatoms. The summed E-state index contributed by atoms with van der Waals surface area (Å²) in [5, 5.41) is 3.19. The predicted molar refractivity (Wildman–Crippen MR) is 98.0 cm³/mol. The van der Waals surface area contributed by atoms with Crippen molar-refractivity contribution in [1.29, 1.82) is 0 Å². The number of nitrogens with zero attached hydrogens (tertiary/aromatic N) is 1. The van der Waals surface area contributed by atoms with Gasteiger partial charge in [0.2, 0.25) is 15.9 Å². The minimum Gasteiger partial charge on any atom is -0.326 e. The number of anilines is 2. The van der Waals surface area contributed by atoms with Crippen LogP contribution in [0.15, 0.2) is 42.5 Å². The van der Waals surface area contributed by atoms with Gasteiger partial charge in [0.25, 0.3) is 0 Å². The van der Waals surface area contributed by atoms with Gasteiger partial charge in [0.05, 0.1) is 11.9 Å². The molecule has 0 aromatic heterocycles. The maximum absolute atomic E-state index is 13.4. The lowest BCUT2D eigenvalue weighted by Gasteiger charge is -2.22. The number of sulfonamides is 1. The van der Waals surface area contributed by atoms with Gasteiger partial charge in [-0.2, -0.15) is 0 Å². The van der Waals surface area contributed by atoms with Crippen molar-refractivity contribution < 1.29 is 17.6 Å². The molecule has 0 aliphatic heterocycles. The molecule has 2 rings (SSSR count). The normalized spacial score (nSPS) is 11.2. The number of benzene rings is 2. The standard InChI is InChI=1S/C17H18ClFN2O3S/c1-12-6-7-13(18)10-16(12)20-17(22)8-9-21(25(2,23)24)15-5-3-4-14(19)11-15/h3-7,10-11H,8-9H2,1-2H3,(H,20,22). The molecule has 2 aromatic carbocycles. The molecule has 0 bridgehead atoms. The zero-order valence-corrected chi connectivity index (χ0v) is 15.4. The summed E-state index contributed by atoms with van der Waals surface area (Å²) in [6, 6.07) is 10.3. The van der Waals surface area contributed by atoms with Crippen LogP contribution in [0.1, 0.15) is 12.0 Å². The quantitative estimate of drug-likeness (QED) is 0.827. The highest BCUT2D eigenvalue weighted by Crippen LogP contribution is 2.21. The maximum Gasteiger partial charge on any atom is 0.232 e. The molecule has 134 valence electrons. The van der Waals surface area contributed by atoms with E-state index in [1.54, 1.807) is 18.2 Å². The van der Waals surface area contributed by atoms with Crippen LogP contribution >= 0.6 is 11.6 Å². The molecule has 0 fully saturated rings. The molecule has 1 amide bonds. The molecular weight excluding hydrogens is 367 g/mol. The second-order valence-corrected chi connectivity index (χ2v) is 7.92. The second-order valence-electron chi connectivity index (χ2n) is 5.57. The summed E-state index contributed by atoms with van der Waals surface area (Å²) in [5.41, 5.74) is 1.58. The fourth-order valence-corrected chi connectivity index (χ4v) is 3.35. The number of aryl methyl sites for hydroxylation is 1. The van der Waals surface area contributed by atoms with Crippen LogP contribution < -0.4 is 9.62 Å². The largest absolute Gasteiger partial charge is 0.326 e. The monoisotopic (exact) mass is 384 g/mol. The maximum atomic E-state index is 13.4. The zero-order valence-electron chi connectivity index (χ0n) is 13.8. The number of hydrogen-bond donors (Lipinski definition) is 1. The van der Waals surface area contributed by atoms with Gasteiger partial charge in [0.15, 0.2) is 0 Å². The summed E-state index contributed by atoms with van der Waals surface area (Å²) in [7, 11) is -3.65. The molecule has 0 saturated carbocycles. The van der Waals surface area contributed by atoms with Crippen LogP contribution in [-0.4, -0.2) is 27.1 Å². The Hall–Kier alpha value is -2.12.